The predicted molar refractivity (Wildman–Crippen MR) is 120 cm³/mol. The van der Waals surface area contributed by atoms with E-state index in [2.05, 4.69) is 35.7 Å². The number of hydrogen-bond donors (Lipinski definition) is 1. The molecule has 2 bridgehead atoms. The van der Waals surface area contributed by atoms with Crippen LogP contribution in [0.3, 0.4) is 0 Å². The minimum atomic E-state index is -3.48. The number of benzene rings is 3. The first-order chi connectivity index (χ1) is 15.0. The molecule has 0 radical (unpaired) electrons. The van der Waals surface area contributed by atoms with Crippen LogP contribution < -0.4 is 5.32 Å². The van der Waals surface area contributed by atoms with Crippen molar-refractivity contribution in [2.24, 2.45) is 0 Å². The van der Waals surface area contributed by atoms with Gasteiger partial charge in [0.1, 0.15) is 0 Å². The Balaban J connectivity index is 1.34. The Kier molecular flexibility index (Phi) is 4.90. The van der Waals surface area contributed by atoms with E-state index in [1.165, 1.54) is 5.56 Å². The van der Waals surface area contributed by atoms with E-state index in [1.807, 2.05) is 37.3 Å². The fourth-order valence-corrected chi connectivity index (χ4v) is 6.52. The third kappa shape index (κ3) is 3.45. The van der Waals surface area contributed by atoms with Crippen LogP contribution in [0.2, 0.25) is 0 Å². The van der Waals surface area contributed by atoms with Gasteiger partial charge in [-0.1, -0.05) is 54.6 Å². The van der Waals surface area contributed by atoms with Gasteiger partial charge in [0.05, 0.1) is 16.5 Å². The second-order valence-electron chi connectivity index (χ2n) is 8.31. The minimum Gasteiger partial charge on any atom is -0.307 e. The van der Waals surface area contributed by atoms with Gasteiger partial charge in [0.2, 0.25) is 10.0 Å². The first-order valence-corrected chi connectivity index (χ1v) is 11.8. The van der Waals surface area contributed by atoms with Crippen LogP contribution in [-0.4, -0.2) is 37.9 Å². The number of rotatable bonds is 4. The van der Waals surface area contributed by atoms with Gasteiger partial charge in [0, 0.05) is 31.1 Å². The van der Waals surface area contributed by atoms with Crippen LogP contribution in [-0.2, 0) is 10.0 Å². The number of sulfonamides is 1. The highest BCUT2D eigenvalue weighted by atomic mass is 32.2. The first-order valence-electron chi connectivity index (χ1n) is 10.4. The monoisotopic (exact) mass is 429 g/mol. The Hall–Kier alpha value is -2.98. The molecule has 31 heavy (non-hydrogen) atoms. The van der Waals surface area contributed by atoms with Crippen LogP contribution in [0.4, 0.5) is 0 Å². The van der Waals surface area contributed by atoms with E-state index in [-0.39, 0.29) is 12.1 Å². The van der Waals surface area contributed by atoms with Crippen molar-refractivity contribution in [2.45, 2.75) is 29.8 Å². The van der Waals surface area contributed by atoms with Crippen molar-refractivity contribution in [3.8, 4) is 17.2 Å². The highest BCUT2D eigenvalue weighted by Crippen LogP contribution is 2.39. The van der Waals surface area contributed by atoms with E-state index >= 15 is 0 Å². The number of nitriles is 1. The first kappa shape index (κ1) is 20.0. The van der Waals surface area contributed by atoms with Gasteiger partial charge in [-0.05, 0) is 47.4 Å². The molecule has 0 spiro atoms. The Morgan fingerprint density at radius 2 is 1.65 bits per heavy atom. The molecule has 3 aromatic rings. The van der Waals surface area contributed by atoms with Crippen LogP contribution in [0, 0.1) is 18.3 Å². The number of piperidine rings is 1. The molecule has 0 saturated carbocycles. The van der Waals surface area contributed by atoms with Crippen LogP contribution in [0.1, 0.15) is 22.6 Å². The van der Waals surface area contributed by atoms with Crippen molar-refractivity contribution >= 4 is 10.0 Å². The van der Waals surface area contributed by atoms with Crippen molar-refractivity contribution in [1.29, 1.82) is 5.26 Å². The van der Waals surface area contributed by atoms with E-state index in [0.717, 1.165) is 16.7 Å². The third-order valence-corrected chi connectivity index (χ3v) is 8.42. The Labute approximate surface area is 183 Å². The zero-order valence-corrected chi connectivity index (χ0v) is 18.0. The third-order valence-electron chi connectivity index (χ3n) is 6.43. The average molecular weight is 430 g/mol. The quantitative estimate of drug-likeness (QED) is 0.687. The van der Waals surface area contributed by atoms with Gasteiger partial charge in [-0.15, -0.1) is 0 Å². The molecular weight excluding hydrogens is 406 g/mol. The van der Waals surface area contributed by atoms with Gasteiger partial charge in [-0.25, -0.2) is 8.42 Å². The number of piperazine rings is 1. The fourth-order valence-electron chi connectivity index (χ4n) is 4.80. The fraction of sp³-hybridized carbons (Fsp3) is 0.240. The number of nitrogens with one attached hydrogen (secondary N) is 1. The molecule has 0 aromatic heterocycles. The molecule has 6 rings (SSSR count). The Morgan fingerprint density at radius 1 is 0.935 bits per heavy atom. The van der Waals surface area contributed by atoms with Gasteiger partial charge >= 0.3 is 0 Å². The second-order valence-corrected chi connectivity index (χ2v) is 10.2. The highest BCUT2D eigenvalue weighted by molar-refractivity contribution is 7.89. The molecular formula is C25H23N3O2S. The Bertz CT molecular complexity index is 1270. The van der Waals surface area contributed by atoms with Crippen LogP contribution in [0.25, 0.3) is 11.1 Å². The summed E-state index contributed by atoms with van der Waals surface area (Å²) in [6.45, 7) is 2.79. The standard InChI is InChI=1S/C25H23N3O2S/c1-17-5-2-3-8-24(17)31(29,30)28-15-22-25(23(16-28)27-22)20-11-9-19(10-12-20)21-7-4-6-18(13-21)14-26/h2-13,22-23,25,27H,15-16H2,1H3/t22-,23+,25?. The maximum atomic E-state index is 13.1. The van der Waals surface area contributed by atoms with Crippen molar-refractivity contribution in [3.63, 3.8) is 0 Å². The molecule has 1 N–H and O–H groups in total. The van der Waals surface area contributed by atoms with Gasteiger partial charge in [0.15, 0.2) is 0 Å². The van der Waals surface area contributed by atoms with Gasteiger partial charge in [-0.2, -0.15) is 9.57 Å². The minimum absolute atomic E-state index is 0.116. The van der Waals surface area contributed by atoms with Gasteiger partial charge in [0.25, 0.3) is 0 Å². The summed E-state index contributed by atoms with van der Waals surface area (Å²) >= 11 is 0. The molecule has 3 aliphatic rings. The lowest BCUT2D eigenvalue weighted by Gasteiger charge is -2.54. The van der Waals surface area contributed by atoms with Crippen molar-refractivity contribution in [2.75, 3.05) is 13.1 Å². The highest BCUT2D eigenvalue weighted by Gasteiger charge is 2.49. The predicted octanol–water partition coefficient (Wildman–Crippen LogP) is 3.66. The van der Waals surface area contributed by atoms with E-state index in [9.17, 15) is 8.42 Å². The van der Waals surface area contributed by atoms with Gasteiger partial charge < -0.3 is 5.32 Å². The number of aryl methyl sites for hydroxylation is 1. The van der Waals surface area contributed by atoms with Crippen LogP contribution >= 0.6 is 0 Å². The molecule has 156 valence electrons. The molecule has 5 nitrogen and oxygen atoms in total. The summed E-state index contributed by atoms with van der Waals surface area (Å²) in [5, 5.41) is 12.6. The van der Waals surface area contributed by atoms with Crippen LogP contribution in [0.5, 0.6) is 0 Å². The molecule has 6 heteroatoms. The molecule has 3 heterocycles. The second kappa shape index (κ2) is 7.61. The maximum Gasteiger partial charge on any atom is 0.243 e. The summed E-state index contributed by atoms with van der Waals surface area (Å²) in [6.07, 6.45) is 0. The molecule has 0 aliphatic carbocycles. The summed E-state index contributed by atoms with van der Waals surface area (Å²) in [4.78, 5) is 0.400. The van der Waals surface area contributed by atoms with Gasteiger partial charge in [-0.3, -0.25) is 0 Å². The lowest BCUT2D eigenvalue weighted by Crippen LogP contribution is -2.72. The average Bonchev–Trinajstić information content (AvgIpc) is 2.80. The SMILES string of the molecule is Cc1ccccc1S(=O)(=O)N1C[C@@H]2N[C@H](C1)C2c1ccc(-c2cccc(C#N)c2)cc1. The van der Waals surface area contributed by atoms with Crippen molar-refractivity contribution in [3.05, 3.63) is 89.5 Å². The number of hydrogen-bond acceptors (Lipinski definition) is 4. The van der Waals surface area contributed by atoms with Crippen LogP contribution in [0.15, 0.2) is 77.7 Å². The molecule has 1 unspecified atom stereocenters. The molecule has 3 aromatic carbocycles. The lowest BCUT2D eigenvalue weighted by atomic mass is 9.75. The summed E-state index contributed by atoms with van der Waals surface area (Å²) in [5.74, 6) is 0.308. The van der Waals surface area contributed by atoms with Crippen molar-refractivity contribution in [1.82, 2.24) is 9.62 Å². The summed E-state index contributed by atoms with van der Waals surface area (Å²) < 4.78 is 27.9. The van der Waals surface area contributed by atoms with E-state index in [4.69, 9.17) is 5.26 Å². The molecule has 3 fully saturated rings. The molecule has 0 amide bonds. The molecule has 3 atom stereocenters. The zero-order chi connectivity index (χ0) is 21.6. The van der Waals surface area contributed by atoms with Crippen molar-refractivity contribution < 1.29 is 8.42 Å². The molecule has 3 aliphatic heterocycles. The lowest BCUT2D eigenvalue weighted by molar-refractivity contribution is 0.102. The summed E-state index contributed by atoms with van der Waals surface area (Å²) in [6, 6.07) is 25.6. The molecule has 3 saturated heterocycles. The number of nitrogens with zero attached hydrogens (tertiary/aromatic N) is 2. The van der Waals surface area contributed by atoms with E-state index in [1.54, 1.807) is 22.5 Å². The Morgan fingerprint density at radius 3 is 2.32 bits per heavy atom. The topological polar surface area (TPSA) is 73.2 Å². The smallest absolute Gasteiger partial charge is 0.243 e. The van der Waals surface area contributed by atoms with E-state index in [0.29, 0.717) is 29.5 Å². The number of fused-ring (bicyclic) bond motifs is 2. The normalized spacial score (nSPS) is 23.0. The van der Waals surface area contributed by atoms with E-state index < -0.39 is 10.0 Å². The maximum absolute atomic E-state index is 13.1. The largest absolute Gasteiger partial charge is 0.307 e. The summed E-state index contributed by atoms with van der Waals surface area (Å²) in [7, 11) is -3.48. The summed E-state index contributed by atoms with van der Waals surface area (Å²) in [5.41, 5.74) is 4.74. The zero-order valence-electron chi connectivity index (χ0n) is 17.2.